The van der Waals surface area contributed by atoms with Gasteiger partial charge in [-0.05, 0) is 12.5 Å². The van der Waals surface area contributed by atoms with Crippen molar-refractivity contribution >= 4 is 0 Å². The molecule has 0 fully saturated rings. The van der Waals surface area contributed by atoms with Crippen molar-refractivity contribution in [1.82, 2.24) is 4.90 Å². The van der Waals surface area contributed by atoms with Gasteiger partial charge in [0.15, 0.2) is 0 Å². The highest BCUT2D eigenvalue weighted by molar-refractivity contribution is 5.15. The van der Waals surface area contributed by atoms with E-state index in [4.69, 9.17) is 4.74 Å². The molecule has 0 unspecified atom stereocenters. The molecule has 0 amide bonds. The zero-order valence-corrected chi connectivity index (χ0v) is 8.44. The second kappa shape index (κ2) is 4.18. The molecule has 0 radical (unpaired) electrons. The van der Waals surface area contributed by atoms with Crippen LogP contribution in [0.2, 0.25) is 0 Å². The molecule has 2 rings (SSSR count). The number of allylic oxidation sites excluding steroid dienone is 1. The van der Waals surface area contributed by atoms with Gasteiger partial charge in [0.05, 0.1) is 6.54 Å². The lowest BCUT2D eigenvalue weighted by Crippen LogP contribution is -2.28. The fourth-order valence-electron chi connectivity index (χ4n) is 1.60. The summed E-state index contributed by atoms with van der Waals surface area (Å²) < 4.78 is 5.25. The molecule has 0 saturated carbocycles. The maximum absolute atomic E-state index is 5.25. The van der Waals surface area contributed by atoms with E-state index >= 15 is 0 Å². The lowest BCUT2D eigenvalue weighted by atomic mass is 10.2. The zero-order valence-electron chi connectivity index (χ0n) is 8.44. The van der Waals surface area contributed by atoms with Gasteiger partial charge in [-0.25, -0.2) is 0 Å². The maximum Gasteiger partial charge on any atom is 0.105 e. The molecule has 0 atom stereocenters. The van der Waals surface area contributed by atoms with E-state index < -0.39 is 0 Å². The minimum Gasteiger partial charge on any atom is -0.498 e. The van der Waals surface area contributed by atoms with Crippen LogP contribution in [-0.2, 0) is 11.3 Å². The minimum atomic E-state index is 0.796. The van der Waals surface area contributed by atoms with Crippen molar-refractivity contribution in [3.05, 3.63) is 47.9 Å². The molecule has 0 bridgehead atoms. The van der Waals surface area contributed by atoms with Gasteiger partial charge in [0.25, 0.3) is 0 Å². The Morgan fingerprint density at radius 1 is 1.29 bits per heavy atom. The smallest absolute Gasteiger partial charge is 0.105 e. The molecule has 0 saturated heterocycles. The molecule has 1 aromatic carbocycles. The Kier molecular flexibility index (Phi) is 2.73. The number of ether oxygens (including phenoxy) is 1. The predicted molar refractivity (Wildman–Crippen MR) is 56.6 cm³/mol. The van der Waals surface area contributed by atoms with Crippen LogP contribution in [0.15, 0.2) is 42.3 Å². The largest absolute Gasteiger partial charge is 0.498 e. The molecule has 2 nitrogen and oxygen atoms in total. The molecule has 1 aliphatic rings. The fraction of sp³-hybridized carbons (Fsp3) is 0.333. The van der Waals surface area contributed by atoms with Crippen molar-refractivity contribution in [3.8, 4) is 0 Å². The van der Waals surface area contributed by atoms with E-state index in [1.165, 1.54) is 11.3 Å². The van der Waals surface area contributed by atoms with Crippen LogP contribution in [0, 0.1) is 0 Å². The number of hydrogen-bond donors (Lipinski definition) is 0. The normalized spacial score (nSPS) is 16.1. The fourth-order valence-corrected chi connectivity index (χ4v) is 1.60. The van der Waals surface area contributed by atoms with Crippen LogP contribution in [0.25, 0.3) is 0 Å². The molecule has 0 aromatic heterocycles. The van der Waals surface area contributed by atoms with Crippen molar-refractivity contribution in [2.75, 3.05) is 13.2 Å². The first-order chi connectivity index (χ1) is 6.86. The first-order valence-corrected chi connectivity index (χ1v) is 4.93. The second-order valence-electron chi connectivity index (χ2n) is 3.54. The summed E-state index contributed by atoms with van der Waals surface area (Å²) in [5.41, 5.74) is 2.56. The third kappa shape index (κ3) is 2.08. The molecule has 1 aliphatic heterocycles. The van der Waals surface area contributed by atoms with Crippen molar-refractivity contribution in [3.63, 3.8) is 0 Å². The van der Waals surface area contributed by atoms with Gasteiger partial charge in [-0.1, -0.05) is 30.3 Å². The van der Waals surface area contributed by atoms with Crippen LogP contribution in [-0.4, -0.2) is 18.1 Å². The predicted octanol–water partition coefficient (Wildman–Crippen LogP) is 2.38. The molecule has 1 heterocycles. The standard InChI is InChI=1S/C12H15NO/c1-11-10-14-8-7-13(11)9-12-5-3-2-4-6-12/h2-6,10H,7-9H2,1H3. The molecule has 0 spiro atoms. The average molecular weight is 189 g/mol. The summed E-state index contributed by atoms with van der Waals surface area (Å²) >= 11 is 0. The van der Waals surface area contributed by atoms with Crippen molar-refractivity contribution < 1.29 is 4.74 Å². The summed E-state index contributed by atoms with van der Waals surface area (Å²) in [7, 11) is 0. The zero-order chi connectivity index (χ0) is 9.80. The molecule has 0 aliphatic carbocycles. The topological polar surface area (TPSA) is 12.5 Å². The van der Waals surface area contributed by atoms with Gasteiger partial charge in [0, 0.05) is 12.2 Å². The van der Waals surface area contributed by atoms with E-state index in [0.717, 1.165) is 19.7 Å². The van der Waals surface area contributed by atoms with Crippen LogP contribution in [0.3, 0.4) is 0 Å². The van der Waals surface area contributed by atoms with Gasteiger partial charge < -0.3 is 9.64 Å². The van der Waals surface area contributed by atoms with E-state index in [9.17, 15) is 0 Å². The van der Waals surface area contributed by atoms with Gasteiger partial charge in [0.1, 0.15) is 12.9 Å². The monoisotopic (exact) mass is 189 g/mol. The first-order valence-electron chi connectivity index (χ1n) is 4.93. The highest BCUT2D eigenvalue weighted by atomic mass is 16.5. The maximum atomic E-state index is 5.25. The summed E-state index contributed by atoms with van der Waals surface area (Å²) in [6.07, 6.45) is 1.84. The summed E-state index contributed by atoms with van der Waals surface area (Å²) in [5.74, 6) is 0. The van der Waals surface area contributed by atoms with Gasteiger partial charge >= 0.3 is 0 Å². The Labute approximate surface area is 84.8 Å². The van der Waals surface area contributed by atoms with Crippen molar-refractivity contribution in [2.45, 2.75) is 13.5 Å². The van der Waals surface area contributed by atoms with E-state index in [1.54, 1.807) is 0 Å². The van der Waals surface area contributed by atoms with Gasteiger partial charge in [-0.15, -0.1) is 0 Å². The van der Waals surface area contributed by atoms with E-state index in [2.05, 4.69) is 36.1 Å². The van der Waals surface area contributed by atoms with Crippen LogP contribution in [0.4, 0.5) is 0 Å². The SMILES string of the molecule is CC1=COCCN1Cc1ccccc1. The number of rotatable bonds is 2. The Morgan fingerprint density at radius 2 is 2.07 bits per heavy atom. The highest BCUT2D eigenvalue weighted by Gasteiger charge is 2.10. The Balaban J connectivity index is 2.04. The first kappa shape index (κ1) is 9.13. The molecule has 2 heteroatoms. The van der Waals surface area contributed by atoms with Crippen molar-refractivity contribution in [1.29, 1.82) is 0 Å². The van der Waals surface area contributed by atoms with Gasteiger partial charge in [0.2, 0.25) is 0 Å². The van der Waals surface area contributed by atoms with E-state index in [1.807, 2.05) is 12.3 Å². The number of hydrogen-bond acceptors (Lipinski definition) is 2. The average Bonchev–Trinajstić information content (AvgIpc) is 2.23. The number of benzene rings is 1. The molecular weight excluding hydrogens is 174 g/mol. The summed E-state index contributed by atoms with van der Waals surface area (Å²) in [4.78, 5) is 2.33. The van der Waals surface area contributed by atoms with Crippen LogP contribution < -0.4 is 0 Å². The molecule has 0 N–H and O–H groups in total. The van der Waals surface area contributed by atoms with Gasteiger partial charge in [-0.3, -0.25) is 0 Å². The highest BCUT2D eigenvalue weighted by Crippen LogP contribution is 2.13. The lowest BCUT2D eigenvalue weighted by molar-refractivity contribution is 0.154. The summed E-state index contributed by atoms with van der Waals surface area (Å²) in [5, 5.41) is 0. The van der Waals surface area contributed by atoms with Crippen molar-refractivity contribution in [2.24, 2.45) is 0 Å². The molecular formula is C12H15NO. The van der Waals surface area contributed by atoms with E-state index in [0.29, 0.717) is 0 Å². The molecule has 74 valence electrons. The molecule has 14 heavy (non-hydrogen) atoms. The quantitative estimate of drug-likeness (QED) is 0.708. The Morgan fingerprint density at radius 3 is 2.79 bits per heavy atom. The molecule has 1 aromatic rings. The van der Waals surface area contributed by atoms with Crippen LogP contribution in [0.5, 0.6) is 0 Å². The van der Waals surface area contributed by atoms with Gasteiger partial charge in [-0.2, -0.15) is 0 Å². The third-order valence-corrected chi connectivity index (χ3v) is 2.45. The van der Waals surface area contributed by atoms with E-state index in [-0.39, 0.29) is 0 Å². The summed E-state index contributed by atoms with van der Waals surface area (Å²) in [6.45, 7) is 4.84. The van der Waals surface area contributed by atoms with Crippen LogP contribution >= 0.6 is 0 Å². The Bertz CT molecular complexity index is 318. The lowest BCUT2D eigenvalue weighted by Gasteiger charge is -2.28. The summed E-state index contributed by atoms with van der Waals surface area (Å²) in [6, 6.07) is 10.5. The number of nitrogens with zero attached hydrogens (tertiary/aromatic N) is 1. The second-order valence-corrected chi connectivity index (χ2v) is 3.54. The third-order valence-electron chi connectivity index (χ3n) is 2.45. The minimum absolute atomic E-state index is 0.796. The van der Waals surface area contributed by atoms with Crippen LogP contribution in [0.1, 0.15) is 12.5 Å². The Hall–Kier alpha value is -1.44.